The van der Waals surface area contributed by atoms with E-state index in [0.29, 0.717) is 11.8 Å². The van der Waals surface area contributed by atoms with Crippen LogP contribution in [0.15, 0.2) is 0 Å². The summed E-state index contributed by atoms with van der Waals surface area (Å²) in [5.74, 6) is 0.163. The van der Waals surface area contributed by atoms with Gasteiger partial charge in [0.2, 0.25) is 0 Å². The van der Waals surface area contributed by atoms with Gasteiger partial charge in [0.05, 0.1) is 11.6 Å². The number of imidazole rings is 1. The van der Waals surface area contributed by atoms with Crippen molar-refractivity contribution in [2.24, 2.45) is 18.4 Å². The summed E-state index contributed by atoms with van der Waals surface area (Å²) < 4.78 is 2.18. The van der Waals surface area contributed by atoms with Crippen LogP contribution in [-0.2, 0) is 31.1 Å². The quantitative estimate of drug-likeness (QED) is 0.913. The van der Waals surface area contributed by atoms with Crippen LogP contribution in [0.25, 0.3) is 0 Å². The minimum atomic E-state index is -0.687. The first kappa shape index (κ1) is 14.1. The molecule has 0 fully saturated rings. The molecule has 0 saturated heterocycles. The molecule has 4 nitrogen and oxygen atoms in total. The number of carboxylic acids is 1. The lowest BCUT2D eigenvalue weighted by molar-refractivity contribution is -0.142. The molecule has 1 unspecified atom stereocenters. The van der Waals surface area contributed by atoms with Crippen molar-refractivity contribution in [2.75, 3.05) is 0 Å². The summed E-state index contributed by atoms with van der Waals surface area (Å²) in [6, 6.07) is 0. The maximum atomic E-state index is 11.1. The minimum absolute atomic E-state index is 0.252. The molecule has 0 spiro atoms. The van der Waals surface area contributed by atoms with Crippen molar-refractivity contribution in [2.45, 2.75) is 52.9 Å². The SMILES string of the molecule is Cn1c(CCC(C)(C)C)nc2c1CCC(C(=O)O)C2. The topological polar surface area (TPSA) is 55.1 Å². The normalized spacial score (nSPS) is 19.3. The number of aryl methyl sites for hydroxylation is 1. The van der Waals surface area contributed by atoms with Gasteiger partial charge in [0.15, 0.2) is 0 Å². The molecule has 1 atom stereocenters. The second kappa shape index (κ2) is 4.99. The van der Waals surface area contributed by atoms with Crippen LogP contribution >= 0.6 is 0 Å². The number of hydrogen-bond acceptors (Lipinski definition) is 2. The molecule has 0 aliphatic heterocycles. The summed E-state index contributed by atoms with van der Waals surface area (Å²) in [4.78, 5) is 15.8. The first-order chi connectivity index (χ1) is 8.78. The molecular formula is C15H24N2O2. The smallest absolute Gasteiger partial charge is 0.306 e. The predicted octanol–water partition coefficient (Wildman–Crippen LogP) is 2.59. The van der Waals surface area contributed by atoms with Gasteiger partial charge in [-0.25, -0.2) is 4.98 Å². The van der Waals surface area contributed by atoms with E-state index in [2.05, 4.69) is 37.4 Å². The van der Waals surface area contributed by atoms with E-state index in [-0.39, 0.29) is 5.92 Å². The van der Waals surface area contributed by atoms with Gasteiger partial charge in [0, 0.05) is 25.6 Å². The molecule has 1 aliphatic carbocycles. The summed E-state index contributed by atoms with van der Waals surface area (Å²) >= 11 is 0. The Kier molecular flexibility index (Phi) is 3.70. The van der Waals surface area contributed by atoms with E-state index >= 15 is 0 Å². The van der Waals surface area contributed by atoms with Crippen LogP contribution in [0, 0.1) is 11.3 Å². The second-order valence-electron chi connectivity index (χ2n) is 6.82. The van der Waals surface area contributed by atoms with Gasteiger partial charge in [0.25, 0.3) is 0 Å². The van der Waals surface area contributed by atoms with Gasteiger partial charge in [0.1, 0.15) is 5.82 Å². The lowest BCUT2D eigenvalue weighted by atomic mass is 9.90. The Hall–Kier alpha value is -1.32. The molecule has 19 heavy (non-hydrogen) atoms. The van der Waals surface area contributed by atoms with Crippen LogP contribution in [0.1, 0.15) is 50.8 Å². The van der Waals surface area contributed by atoms with E-state index in [4.69, 9.17) is 5.11 Å². The molecule has 1 aromatic heterocycles. The first-order valence-electron chi connectivity index (χ1n) is 7.04. The molecule has 0 bridgehead atoms. The average Bonchev–Trinajstić information content (AvgIpc) is 2.62. The maximum absolute atomic E-state index is 11.1. The van der Waals surface area contributed by atoms with Crippen molar-refractivity contribution in [3.05, 3.63) is 17.2 Å². The zero-order valence-corrected chi connectivity index (χ0v) is 12.4. The molecule has 0 saturated carbocycles. The highest BCUT2D eigenvalue weighted by Gasteiger charge is 2.28. The third-order valence-electron chi connectivity index (χ3n) is 4.01. The van der Waals surface area contributed by atoms with E-state index in [0.717, 1.165) is 37.2 Å². The Morgan fingerprint density at radius 1 is 1.47 bits per heavy atom. The summed E-state index contributed by atoms with van der Waals surface area (Å²) in [6.45, 7) is 6.70. The number of hydrogen-bond donors (Lipinski definition) is 1. The van der Waals surface area contributed by atoms with Gasteiger partial charge in [-0.15, -0.1) is 0 Å². The number of nitrogens with zero attached hydrogens (tertiary/aromatic N) is 2. The van der Waals surface area contributed by atoms with E-state index in [1.807, 2.05) is 0 Å². The molecule has 0 amide bonds. The monoisotopic (exact) mass is 264 g/mol. The highest BCUT2D eigenvalue weighted by Crippen LogP contribution is 2.27. The van der Waals surface area contributed by atoms with Crippen molar-refractivity contribution in [3.63, 3.8) is 0 Å². The molecule has 4 heteroatoms. The summed E-state index contributed by atoms with van der Waals surface area (Å²) in [5.41, 5.74) is 2.54. The van der Waals surface area contributed by atoms with E-state index in [1.165, 1.54) is 5.69 Å². The van der Waals surface area contributed by atoms with Crippen LogP contribution in [0.4, 0.5) is 0 Å². The number of carbonyl (C=O) groups is 1. The van der Waals surface area contributed by atoms with Gasteiger partial charge >= 0.3 is 5.97 Å². The Bertz CT molecular complexity index is 483. The number of carboxylic acid groups (broad SMARTS) is 1. The van der Waals surface area contributed by atoms with E-state index < -0.39 is 5.97 Å². The van der Waals surface area contributed by atoms with Gasteiger partial charge in [-0.1, -0.05) is 20.8 Å². The first-order valence-corrected chi connectivity index (χ1v) is 7.04. The van der Waals surface area contributed by atoms with Crippen LogP contribution in [0.5, 0.6) is 0 Å². The van der Waals surface area contributed by atoms with Crippen molar-refractivity contribution < 1.29 is 9.90 Å². The Morgan fingerprint density at radius 3 is 2.74 bits per heavy atom. The molecule has 106 valence electrons. The molecule has 1 aliphatic rings. The third-order valence-corrected chi connectivity index (χ3v) is 4.01. The highest BCUT2D eigenvalue weighted by atomic mass is 16.4. The Morgan fingerprint density at radius 2 is 2.16 bits per heavy atom. The van der Waals surface area contributed by atoms with Crippen molar-refractivity contribution in [1.29, 1.82) is 0 Å². The number of fused-ring (bicyclic) bond motifs is 1. The highest BCUT2D eigenvalue weighted by molar-refractivity contribution is 5.70. The molecule has 1 N–H and O–H groups in total. The van der Waals surface area contributed by atoms with Gasteiger partial charge in [-0.05, 0) is 24.7 Å². The largest absolute Gasteiger partial charge is 0.481 e. The lowest BCUT2D eigenvalue weighted by Crippen LogP contribution is -2.22. The molecule has 1 heterocycles. The number of rotatable bonds is 3. The summed E-state index contributed by atoms with van der Waals surface area (Å²) in [6.07, 6.45) is 4.23. The third kappa shape index (κ3) is 3.17. The van der Waals surface area contributed by atoms with Gasteiger partial charge < -0.3 is 9.67 Å². The predicted molar refractivity (Wildman–Crippen MR) is 74.1 cm³/mol. The summed E-state index contributed by atoms with van der Waals surface area (Å²) in [5, 5.41) is 9.12. The van der Waals surface area contributed by atoms with Crippen molar-refractivity contribution in [1.82, 2.24) is 9.55 Å². The van der Waals surface area contributed by atoms with E-state index in [1.54, 1.807) is 0 Å². The summed E-state index contributed by atoms with van der Waals surface area (Å²) in [7, 11) is 2.06. The second-order valence-corrected chi connectivity index (χ2v) is 6.82. The lowest BCUT2D eigenvalue weighted by Gasteiger charge is -2.18. The zero-order valence-electron chi connectivity index (χ0n) is 12.4. The average molecular weight is 264 g/mol. The van der Waals surface area contributed by atoms with E-state index in [9.17, 15) is 4.79 Å². The molecule has 0 aromatic carbocycles. The van der Waals surface area contributed by atoms with Crippen molar-refractivity contribution >= 4 is 5.97 Å². The molecule has 0 radical (unpaired) electrons. The van der Waals surface area contributed by atoms with Crippen LogP contribution < -0.4 is 0 Å². The molecule has 2 rings (SSSR count). The fraction of sp³-hybridized carbons (Fsp3) is 0.733. The number of aliphatic carboxylic acids is 1. The number of aromatic nitrogens is 2. The molecular weight excluding hydrogens is 240 g/mol. The maximum Gasteiger partial charge on any atom is 0.306 e. The standard InChI is InChI=1S/C15H24N2O2/c1-15(2,3)8-7-13-16-11-9-10(14(18)19)5-6-12(11)17(13)4/h10H,5-9H2,1-4H3,(H,18,19). The van der Waals surface area contributed by atoms with Gasteiger partial charge in [-0.3, -0.25) is 4.79 Å². The Balaban J connectivity index is 2.15. The Labute approximate surface area is 114 Å². The van der Waals surface area contributed by atoms with Crippen LogP contribution in [-0.4, -0.2) is 20.6 Å². The van der Waals surface area contributed by atoms with Crippen LogP contribution in [0.3, 0.4) is 0 Å². The van der Waals surface area contributed by atoms with Gasteiger partial charge in [-0.2, -0.15) is 0 Å². The van der Waals surface area contributed by atoms with Crippen LogP contribution in [0.2, 0.25) is 0 Å². The fourth-order valence-corrected chi connectivity index (χ4v) is 2.69. The van der Waals surface area contributed by atoms with Crippen molar-refractivity contribution in [3.8, 4) is 0 Å². The molecule has 1 aromatic rings. The minimum Gasteiger partial charge on any atom is -0.481 e. The fourth-order valence-electron chi connectivity index (χ4n) is 2.69. The zero-order chi connectivity index (χ0) is 14.2.